The van der Waals surface area contributed by atoms with Crippen LogP contribution in [-0.2, 0) is 4.79 Å². The van der Waals surface area contributed by atoms with Crippen molar-refractivity contribution in [1.29, 1.82) is 0 Å². The molecule has 0 aliphatic heterocycles. The van der Waals surface area contributed by atoms with Gasteiger partial charge in [-0.2, -0.15) is 0 Å². The van der Waals surface area contributed by atoms with Crippen molar-refractivity contribution in [1.82, 2.24) is 5.32 Å². The lowest BCUT2D eigenvalue weighted by Gasteiger charge is -2.19. The molecular formula is C14H17Cl2NO3S. The van der Waals surface area contributed by atoms with E-state index in [1.54, 1.807) is 19.9 Å². The maximum absolute atomic E-state index is 12.1. The number of carboxylic acid groups (broad SMARTS) is 1. The number of carbonyl (C=O) groups excluding carboxylic acids is 1. The Morgan fingerprint density at radius 2 is 1.90 bits per heavy atom. The molecule has 0 atom stereocenters. The van der Waals surface area contributed by atoms with Crippen LogP contribution in [0.5, 0.6) is 0 Å². The number of amides is 1. The summed E-state index contributed by atoms with van der Waals surface area (Å²) >= 11 is 13.4. The second kappa shape index (κ2) is 7.38. The highest BCUT2D eigenvalue weighted by Crippen LogP contribution is 2.31. The molecule has 2 N–H and O–H groups in total. The van der Waals surface area contributed by atoms with Gasteiger partial charge < -0.3 is 10.4 Å². The number of thioether (sulfide) groups is 1. The summed E-state index contributed by atoms with van der Waals surface area (Å²) in [4.78, 5) is 23.9. The Morgan fingerprint density at radius 1 is 1.29 bits per heavy atom. The van der Waals surface area contributed by atoms with Crippen LogP contribution in [0.4, 0.5) is 0 Å². The molecule has 1 rings (SSSR count). The van der Waals surface area contributed by atoms with E-state index < -0.39 is 11.4 Å². The summed E-state index contributed by atoms with van der Waals surface area (Å²) in [5.74, 6) is -1.24. The minimum Gasteiger partial charge on any atom is -0.481 e. The summed E-state index contributed by atoms with van der Waals surface area (Å²) in [5, 5.41) is 12.5. The molecule has 0 heterocycles. The van der Waals surface area contributed by atoms with E-state index in [9.17, 15) is 9.59 Å². The molecule has 4 nitrogen and oxygen atoms in total. The van der Waals surface area contributed by atoms with Gasteiger partial charge in [-0.1, -0.05) is 23.2 Å². The van der Waals surface area contributed by atoms with Crippen molar-refractivity contribution in [3.8, 4) is 0 Å². The van der Waals surface area contributed by atoms with E-state index in [0.29, 0.717) is 17.0 Å². The molecule has 0 radical (unpaired) electrons. The lowest BCUT2D eigenvalue weighted by Crippen LogP contribution is -2.32. The molecule has 116 valence electrons. The number of aliphatic carboxylic acids is 1. The fraction of sp³-hybridized carbons (Fsp3) is 0.429. The molecule has 0 aromatic heterocycles. The Bertz CT molecular complexity index is 561. The van der Waals surface area contributed by atoms with Crippen LogP contribution in [0.1, 0.15) is 30.6 Å². The van der Waals surface area contributed by atoms with Gasteiger partial charge in [-0.05, 0) is 38.7 Å². The Labute approximate surface area is 138 Å². The number of carboxylic acids is 1. The van der Waals surface area contributed by atoms with Crippen LogP contribution in [0, 0.1) is 5.41 Å². The standard InChI is InChI=1S/C14H17Cl2NO3S/c1-14(2,13(19)20)4-5-17-12(18)8-6-11(21-3)10(16)7-9(8)15/h6-7H,4-5H2,1-3H3,(H,17,18)(H,19,20). The smallest absolute Gasteiger partial charge is 0.309 e. The lowest BCUT2D eigenvalue weighted by atomic mass is 9.90. The number of halogens is 2. The van der Waals surface area contributed by atoms with Gasteiger partial charge in [-0.25, -0.2) is 0 Å². The van der Waals surface area contributed by atoms with Crippen molar-refractivity contribution in [3.05, 3.63) is 27.7 Å². The van der Waals surface area contributed by atoms with E-state index in [4.69, 9.17) is 28.3 Å². The molecule has 21 heavy (non-hydrogen) atoms. The van der Waals surface area contributed by atoms with Gasteiger partial charge >= 0.3 is 5.97 Å². The van der Waals surface area contributed by atoms with E-state index >= 15 is 0 Å². The quantitative estimate of drug-likeness (QED) is 0.763. The number of hydrogen-bond donors (Lipinski definition) is 2. The monoisotopic (exact) mass is 349 g/mol. The summed E-state index contributed by atoms with van der Waals surface area (Å²) in [6.45, 7) is 3.48. The van der Waals surface area contributed by atoms with Gasteiger partial charge in [0.1, 0.15) is 0 Å². The van der Waals surface area contributed by atoms with Crippen LogP contribution in [-0.4, -0.2) is 29.8 Å². The van der Waals surface area contributed by atoms with E-state index in [0.717, 1.165) is 4.90 Å². The first-order chi connectivity index (χ1) is 9.69. The maximum Gasteiger partial charge on any atom is 0.309 e. The van der Waals surface area contributed by atoms with Crippen molar-refractivity contribution in [2.45, 2.75) is 25.2 Å². The molecule has 1 aromatic rings. The zero-order valence-electron chi connectivity index (χ0n) is 12.0. The van der Waals surface area contributed by atoms with Crippen LogP contribution in [0.25, 0.3) is 0 Å². The van der Waals surface area contributed by atoms with Gasteiger partial charge in [0, 0.05) is 11.4 Å². The molecule has 0 unspecified atom stereocenters. The molecule has 0 aliphatic carbocycles. The van der Waals surface area contributed by atoms with Crippen molar-refractivity contribution in [2.75, 3.05) is 12.8 Å². The predicted octanol–water partition coefficient (Wildman–Crippen LogP) is 3.95. The average molecular weight is 350 g/mol. The zero-order chi connectivity index (χ0) is 16.2. The molecule has 0 fully saturated rings. The second-order valence-electron chi connectivity index (χ2n) is 5.16. The molecule has 1 aromatic carbocycles. The van der Waals surface area contributed by atoms with Gasteiger partial charge in [0.05, 0.1) is 21.0 Å². The van der Waals surface area contributed by atoms with Gasteiger partial charge in [0.15, 0.2) is 0 Å². The first-order valence-electron chi connectivity index (χ1n) is 6.23. The number of hydrogen-bond acceptors (Lipinski definition) is 3. The Kier molecular flexibility index (Phi) is 6.38. The molecule has 0 spiro atoms. The van der Waals surface area contributed by atoms with E-state index in [-0.39, 0.29) is 17.5 Å². The third-order valence-corrected chi connectivity index (χ3v) is 4.62. The van der Waals surface area contributed by atoms with Crippen molar-refractivity contribution in [2.24, 2.45) is 5.41 Å². The normalized spacial score (nSPS) is 11.3. The average Bonchev–Trinajstić information content (AvgIpc) is 2.38. The Balaban J connectivity index is 2.75. The summed E-state index contributed by atoms with van der Waals surface area (Å²) in [7, 11) is 0. The molecule has 0 aliphatic rings. The van der Waals surface area contributed by atoms with Crippen LogP contribution in [0.2, 0.25) is 10.0 Å². The fourth-order valence-corrected chi connectivity index (χ4v) is 2.74. The predicted molar refractivity (Wildman–Crippen MR) is 86.6 cm³/mol. The summed E-state index contributed by atoms with van der Waals surface area (Å²) in [6, 6.07) is 3.16. The second-order valence-corrected chi connectivity index (χ2v) is 6.82. The Hall–Kier alpha value is -0.910. The van der Waals surface area contributed by atoms with E-state index in [1.807, 2.05) is 6.26 Å². The maximum atomic E-state index is 12.1. The largest absolute Gasteiger partial charge is 0.481 e. The van der Waals surface area contributed by atoms with Crippen LogP contribution in [0.15, 0.2) is 17.0 Å². The van der Waals surface area contributed by atoms with Gasteiger partial charge in [0.25, 0.3) is 5.91 Å². The fourth-order valence-electron chi connectivity index (χ4n) is 1.55. The molecule has 0 saturated carbocycles. The van der Waals surface area contributed by atoms with Crippen molar-refractivity contribution < 1.29 is 14.7 Å². The molecular weight excluding hydrogens is 333 g/mol. The highest BCUT2D eigenvalue weighted by Gasteiger charge is 2.26. The van der Waals surface area contributed by atoms with Gasteiger partial charge in [-0.3, -0.25) is 9.59 Å². The number of nitrogens with one attached hydrogen (secondary N) is 1. The minimum atomic E-state index is -0.897. The first kappa shape index (κ1) is 18.1. The van der Waals surface area contributed by atoms with Crippen molar-refractivity contribution >= 4 is 46.8 Å². The summed E-state index contributed by atoms with van der Waals surface area (Å²) in [6.07, 6.45) is 2.18. The number of carbonyl (C=O) groups is 2. The number of rotatable bonds is 6. The summed E-state index contributed by atoms with van der Waals surface area (Å²) in [5.41, 5.74) is -0.555. The molecule has 7 heteroatoms. The van der Waals surface area contributed by atoms with E-state index in [2.05, 4.69) is 5.32 Å². The SMILES string of the molecule is CSc1cc(C(=O)NCCC(C)(C)C(=O)O)c(Cl)cc1Cl. The number of benzene rings is 1. The Morgan fingerprint density at radius 3 is 2.43 bits per heavy atom. The highest BCUT2D eigenvalue weighted by atomic mass is 35.5. The molecule has 1 amide bonds. The lowest BCUT2D eigenvalue weighted by molar-refractivity contribution is -0.147. The van der Waals surface area contributed by atoms with E-state index in [1.165, 1.54) is 17.8 Å². The summed E-state index contributed by atoms with van der Waals surface area (Å²) < 4.78 is 0. The third-order valence-electron chi connectivity index (χ3n) is 3.10. The van der Waals surface area contributed by atoms with Crippen LogP contribution in [0.3, 0.4) is 0 Å². The van der Waals surface area contributed by atoms with Gasteiger partial charge in [0.2, 0.25) is 0 Å². The minimum absolute atomic E-state index is 0.256. The molecule has 0 bridgehead atoms. The van der Waals surface area contributed by atoms with Crippen molar-refractivity contribution in [3.63, 3.8) is 0 Å². The van der Waals surface area contributed by atoms with Crippen LogP contribution >= 0.6 is 35.0 Å². The molecule has 0 saturated heterocycles. The topological polar surface area (TPSA) is 66.4 Å². The first-order valence-corrected chi connectivity index (χ1v) is 8.21. The highest BCUT2D eigenvalue weighted by molar-refractivity contribution is 7.98. The third kappa shape index (κ3) is 4.80. The van der Waals surface area contributed by atoms with Crippen LogP contribution < -0.4 is 5.32 Å². The van der Waals surface area contributed by atoms with Gasteiger partial charge in [-0.15, -0.1) is 11.8 Å². The zero-order valence-corrected chi connectivity index (χ0v) is 14.3.